The largest absolute Gasteiger partial charge is 0.493 e. The van der Waals surface area contributed by atoms with Crippen LogP contribution in [0.5, 0.6) is 11.5 Å². The highest BCUT2D eigenvalue weighted by Crippen LogP contribution is 2.47. The van der Waals surface area contributed by atoms with Gasteiger partial charge in [-0.3, -0.25) is 4.79 Å². The zero-order valence-electron chi connectivity index (χ0n) is 18.8. The quantitative estimate of drug-likeness (QED) is 0.561. The second-order valence-electron chi connectivity index (χ2n) is 8.33. The summed E-state index contributed by atoms with van der Waals surface area (Å²) in [5.41, 5.74) is 1.94. The summed E-state index contributed by atoms with van der Waals surface area (Å²) in [6.45, 7) is 4.55. The third kappa shape index (κ3) is 5.01. The highest BCUT2D eigenvalue weighted by Gasteiger charge is 2.47. The van der Waals surface area contributed by atoms with Gasteiger partial charge in [0, 0.05) is 5.92 Å². The summed E-state index contributed by atoms with van der Waals surface area (Å²) in [5.74, 6) is 0.500. The van der Waals surface area contributed by atoms with Crippen LogP contribution < -0.4 is 9.47 Å². The number of benzene rings is 2. The van der Waals surface area contributed by atoms with Gasteiger partial charge in [0.05, 0.1) is 40.0 Å². The van der Waals surface area contributed by atoms with Gasteiger partial charge in [0.25, 0.3) is 0 Å². The number of esters is 1. The van der Waals surface area contributed by atoms with E-state index < -0.39 is 0 Å². The Morgan fingerprint density at radius 3 is 2.32 bits per heavy atom. The van der Waals surface area contributed by atoms with Crippen molar-refractivity contribution in [1.29, 1.82) is 0 Å². The lowest BCUT2D eigenvalue weighted by molar-refractivity contribution is -0.151. The van der Waals surface area contributed by atoms with Gasteiger partial charge in [0.1, 0.15) is 5.82 Å². The highest BCUT2D eigenvalue weighted by molar-refractivity contribution is 5.73. The molecule has 31 heavy (non-hydrogen) atoms. The predicted octanol–water partition coefficient (Wildman–Crippen LogP) is 4.83. The van der Waals surface area contributed by atoms with Crippen molar-refractivity contribution in [3.63, 3.8) is 0 Å². The van der Waals surface area contributed by atoms with Crippen molar-refractivity contribution >= 4 is 5.97 Å². The summed E-state index contributed by atoms with van der Waals surface area (Å²) in [5, 5.41) is 0. The van der Waals surface area contributed by atoms with E-state index in [9.17, 15) is 9.18 Å². The topological polar surface area (TPSA) is 54.0 Å². The smallest absolute Gasteiger partial charge is 0.309 e. The number of methoxy groups -OCH3 is 3. The van der Waals surface area contributed by atoms with E-state index in [4.69, 9.17) is 18.9 Å². The third-order valence-corrected chi connectivity index (χ3v) is 6.13. The van der Waals surface area contributed by atoms with E-state index in [-0.39, 0.29) is 41.6 Å². The molecule has 1 aliphatic rings. The third-order valence-electron chi connectivity index (χ3n) is 6.13. The summed E-state index contributed by atoms with van der Waals surface area (Å²) < 4.78 is 35.7. The van der Waals surface area contributed by atoms with Crippen LogP contribution >= 0.6 is 0 Å². The minimum Gasteiger partial charge on any atom is -0.493 e. The maximum Gasteiger partial charge on any atom is 0.309 e. The van der Waals surface area contributed by atoms with Gasteiger partial charge in [-0.1, -0.05) is 32.0 Å². The van der Waals surface area contributed by atoms with Crippen molar-refractivity contribution in [2.24, 2.45) is 23.7 Å². The summed E-state index contributed by atoms with van der Waals surface area (Å²) in [6, 6.07) is 12.2. The van der Waals surface area contributed by atoms with Crippen LogP contribution in [0.15, 0.2) is 42.5 Å². The van der Waals surface area contributed by atoms with E-state index >= 15 is 0 Å². The maximum absolute atomic E-state index is 13.5. The zero-order chi connectivity index (χ0) is 22.5. The standard InChI is InChI=1S/C25H31FO5/c1-15(2)22(25(27)30-5)23-18(12-16-6-11-20(28-3)21(13-16)29-4)14-31-24(23)17-7-9-19(26)10-8-17/h6-11,13,15,18,22-24H,12,14H2,1-5H3/t18-,22?,23+,24+/m0/s1. The molecule has 2 aromatic carbocycles. The fraction of sp³-hybridized carbons (Fsp3) is 0.480. The second-order valence-corrected chi connectivity index (χ2v) is 8.33. The molecule has 6 heteroatoms. The molecule has 0 saturated carbocycles. The predicted molar refractivity (Wildman–Crippen MR) is 116 cm³/mol. The number of rotatable bonds is 8. The van der Waals surface area contributed by atoms with Crippen molar-refractivity contribution in [2.45, 2.75) is 26.4 Å². The van der Waals surface area contributed by atoms with Gasteiger partial charge in [-0.25, -0.2) is 4.39 Å². The minimum absolute atomic E-state index is 0.0648. The Morgan fingerprint density at radius 2 is 1.74 bits per heavy atom. The van der Waals surface area contributed by atoms with E-state index in [0.29, 0.717) is 24.5 Å². The summed E-state index contributed by atoms with van der Waals surface area (Å²) in [6.07, 6.45) is 0.403. The Labute approximate surface area is 183 Å². The molecular formula is C25H31FO5. The molecule has 0 amide bonds. The average Bonchev–Trinajstić information content (AvgIpc) is 3.16. The van der Waals surface area contributed by atoms with Crippen molar-refractivity contribution in [1.82, 2.24) is 0 Å². The van der Waals surface area contributed by atoms with Crippen LogP contribution in [0.3, 0.4) is 0 Å². The second kappa shape index (κ2) is 10.1. The van der Waals surface area contributed by atoms with Crippen LogP contribution in [0.2, 0.25) is 0 Å². The fourth-order valence-electron chi connectivity index (χ4n) is 4.66. The van der Waals surface area contributed by atoms with Crippen molar-refractivity contribution in [2.75, 3.05) is 27.9 Å². The molecule has 1 fully saturated rings. The summed E-state index contributed by atoms with van der Waals surface area (Å²) in [4.78, 5) is 12.8. The number of halogens is 1. The van der Waals surface area contributed by atoms with Gasteiger partial charge < -0.3 is 18.9 Å². The van der Waals surface area contributed by atoms with Gasteiger partial charge in [-0.15, -0.1) is 0 Å². The Hall–Kier alpha value is -2.60. The molecule has 168 valence electrons. The van der Waals surface area contributed by atoms with Gasteiger partial charge in [-0.05, 0) is 53.6 Å². The number of carbonyl (C=O) groups is 1. The van der Waals surface area contributed by atoms with Crippen LogP contribution in [0, 0.1) is 29.5 Å². The lowest BCUT2D eigenvalue weighted by Crippen LogP contribution is -2.35. The summed E-state index contributed by atoms with van der Waals surface area (Å²) >= 11 is 0. The van der Waals surface area contributed by atoms with Crippen LogP contribution in [0.1, 0.15) is 31.1 Å². The van der Waals surface area contributed by atoms with Crippen LogP contribution in [0.25, 0.3) is 0 Å². The number of carbonyl (C=O) groups excluding carboxylic acids is 1. The molecule has 0 aromatic heterocycles. The van der Waals surface area contributed by atoms with Gasteiger partial charge >= 0.3 is 5.97 Å². The first kappa shape index (κ1) is 23.1. The van der Waals surface area contributed by atoms with Crippen molar-refractivity contribution in [3.8, 4) is 11.5 Å². The fourth-order valence-corrected chi connectivity index (χ4v) is 4.66. The van der Waals surface area contributed by atoms with E-state index in [2.05, 4.69) is 0 Å². The Morgan fingerprint density at radius 1 is 1.06 bits per heavy atom. The van der Waals surface area contributed by atoms with Crippen molar-refractivity contribution < 1.29 is 28.1 Å². The minimum atomic E-state index is -0.340. The number of hydrogen-bond donors (Lipinski definition) is 0. The number of ether oxygens (including phenoxy) is 4. The van der Waals surface area contributed by atoms with Crippen LogP contribution in [-0.2, 0) is 20.7 Å². The van der Waals surface area contributed by atoms with E-state index in [1.807, 2.05) is 32.0 Å². The molecule has 2 aromatic rings. The zero-order valence-corrected chi connectivity index (χ0v) is 18.8. The first-order chi connectivity index (χ1) is 14.9. The monoisotopic (exact) mass is 430 g/mol. The van der Waals surface area contributed by atoms with Gasteiger partial charge in [0.15, 0.2) is 11.5 Å². The molecule has 5 nitrogen and oxygen atoms in total. The molecule has 1 saturated heterocycles. The van der Waals surface area contributed by atoms with E-state index in [1.54, 1.807) is 26.4 Å². The van der Waals surface area contributed by atoms with E-state index in [0.717, 1.165) is 11.1 Å². The van der Waals surface area contributed by atoms with Crippen LogP contribution in [-0.4, -0.2) is 33.9 Å². The van der Waals surface area contributed by atoms with E-state index in [1.165, 1.54) is 19.2 Å². The molecule has 0 spiro atoms. The normalized spacial score (nSPS) is 21.7. The molecule has 0 N–H and O–H groups in total. The van der Waals surface area contributed by atoms with Crippen molar-refractivity contribution in [3.05, 3.63) is 59.4 Å². The Bertz CT molecular complexity index is 880. The SMILES string of the molecule is COC(=O)C(C(C)C)[C@H]1[C@@H](Cc2ccc(OC)c(OC)c2)CO[C@@H]1c1ccc(F)cc1. The molecule has 1 aliphatic heterocycles. The van der Waals surface area contributed by atoms with Gasteiger partial charge in [-0.2, -0.15) is 0 Å². The lowest BCUT2D eigenvalue weighted by Gasteiger charge is -2.32. The summed E-state index contributed by atoms with van der Waals surface area (Å²) in [7, 11) is 4.64. The molecule has 1 unspecified atom stereocenters. The molecule has 0 aliphatic carbocycles. The first-order valence-corrected chi connectivity index (χ1v) is 10.5. The number of hydrogen-bond acceptors (Lipinski definition) is 5. The Balaban J connectivity index is 1.96. The average molecular weight is 431 g/mol. The molecule has 1 heterocycles. The lowest BCUT2D eigenvalue weighted by atomic mass is 9.71. The first-order valence-electron chi connectivity index (χ1n) is 10.5. The van der Waals surface area contributed by atoms with Gasteiger partial charge in [0.2, 0.25) is 0 Å². The molecule has 3 rings (SSSR count). The Kier molecular flexibility index (Phi) is 7.55. The van der Waals surface area contributed by atoms with Crippen LogP contribution in [0.4, 0.5) is 4.39 Å². The molecule has 0 radical (unpaired) electrons. The molecule has 0 bridgehead atoms. The molecule has 4 atom stereocenters. The molecular weight excluding hydrogens is 399 g/mol. The maximum atomic E-state index is 13.5. The highest BCUT2D eigenvalue weighted by atomic mass is 19.1.